The number of hydrogen-bond donors (Lipinski definition) is 0. The molecule has 0 radical (unpaired) electrons. The first-order valence-corrected chi connectivity index (χ1v) is 7.34. The van der Waals surface area contributed by atoms with Crippen molar-refractivity contribution >= 4 is 0 Å². The molecule has 0 fully saturated rings. The third-order valence-electron chi connectivity index (χ3n) is 3.48. The minimum atomic E-state index is -4.54. The Morgan fingerprint density at radius 3 is 2.04 bits per heavy atom. The van der Waals surface area contributed by atoms with Gasteiger partial charge in [0.25, 0.3) is 0 Å². The fourth-order valence-corrected chi connectivity index (χ4v) is 2.36. The Kier molecular flexibility index (Phi) is 4.51. The van der Waals surface area contributed by atoms with E-state index in [-0.39, 0.29) is 11.4 Å². The van der Waals surface area contributed by atoms with Crippen molar-refractivity contribution in [3.8, 4) is 17.0 Å². The van der Waals surface area contributed by atoms with Gasteiger partial charge in [-0.1, -0.05) is 60.7 Å². The molecule has 2 aromatic carbocycles. The first-order chi connectivity index (χ1) is 11.5. The van der Waals surface area contributed by atoms with Gasteiger partial charge in [-0.2, -0.15) is 13.2 Å². The lowest BCUT2D eigenvalue weighted by Crippen LogP contribution is -2.26. The average molecular weight is 329 g/mol. The minimum absolute atomic E-state index is 0.0388. The summed E-state index contributed by atoms with van der Waals surface area (Å²) in [5.41, 5.74) is 1.67. The Balaban J connectivity index is 1.91. The van der Waals surface area contributed by atoms with Gasteiger partial charge in [0.15, 0.2) is 0 Å². The maximum atomic E-state index is 13.4. The smallest absolute Gasteiger partial charge is 0.429 e. The van der Waals surface area contributed by atoms with Crippen LogP contribution in [0.4, 0.5) is 13.2 Å². The van der Waals surface area contributed by atoms with Gasteiger partial charge in [-0.05, 0) is 17.2 Å². The molecule has 0 spiro atoms. The summed E-state index contributed by atoms with van der Waals surface area (Å²) < 4.78 is 45.3. The molecule has 2 nitrogen and oxygen atoms in total. The third kappa shape index (κ3) is 3.74. The maximum Gasteiger partial charge on any atom is 0.429 e. The first kappa shape index (κ1) is 16.1. The minimum Gasteiger partial charge on any atom is -0.460 e. The number of aromatic nitrogens is 1. The van der Waals surface area contributed by atoms with Gasteiger partial charge in [0, 0.05) is 17.8 Å². The zero-order valence-corrected chi connectivity index (χ0v) is 12.6. The molecule has 1 atom stereocenters. The van der Waals surface area contributed by atoms with Crippen LogP contribution in [0.3, 0.4) is 0 Å². The molecule has 0 saturated carbocycles. The van der Waals surface area contributed by atoms with Gasteiger partial charge < -0.3 is 4.74 Å². The van der Waals surface area contributed by atoms with Crippen molar-refractivity contribution in [2.75, 3.05) is 0 Å². The summed E-state index contributed by atoms with van der Waals surface area (Å²) in [7, 11) is 0. The summed E-state index contributed by atoms with van der Waals surface area (Å²) >= 11 is 0. The van der Waals surface area contributed by atoms with Gasteiger partial charge in [-0.15, -0.1) is 0 Å². The average Bonchev–Trinajstić information content (AvgIpc) is 2.60. The second-order valence-corrected chi connectivity index (χ2v) is 5.20. The molecule has 1 unspecified atom stereocenters. The van der Waals surface area contributed by atoms with Crippen molar-refractivity contribution in [3.63, 3.8) is 0 Å². The van der Waals surface area contributed by atoms with E-state index >= 15 is 0 Å². The van der Waals surface area contributed by atoms with E-state index in [1.165, 1.54) is 24.4 Å². The number of pyridine rings is 1. The Morgan fingerprint density at radius 2 is 1.42 bits per heavy atom. The predicted molar refractivity (Wildman–Crippen MR) is 85.5 cm³/mol. The predicted octanol–water partition coefficient (Wildman–Crippen LogP) is 5.43. The zero-order valence-electron chi connectivity index (χ0n) is 12.6. The van der Waals surface area contributed by atoms with Crippen molar-refractivity contribution in [3.05, 3.63) is 84.6 Å². The van der Waals surface area contributed by atoms with E-state index in [4.69, 9.17) is 4.74 Å². The highest BCUT2D eigenvalue weighted by molar-refractivity contribution is 5.63. The highest BCUT2D eigenvalue weighted by atomic mass is 19.4. The molecule has 0 saturated heterocycles. The molecule has 24 heavy (non-hydrogen) atoms. The van der Waals surface area contributed by atoms with E-state index in [0.717, 1.165) is 11.1 Å². The van der Waals surface area contributed by atoms with Crippen LogP contribution in [-0.2, 0) is 0 Å². The van der Waals surface area contributed by atoms with Crippen LogP contribution in [0.5, 0.6) is 5.88 Å². The Labute approximate surface area is 137 Å². The molecule has 1 heterocycles. The summed E-state index contributed by atoms with van der Waals surface area (Å²) in [6.45, 7) is 0. The largest absolute Gasteiger partial charge is 0.460 e. The van der Waals surface area contributed by atoms with Gasteiger partial charge in [0.2, 0.25) is 12.0 Å². The van der Waals surface area contributed by atoms with Crippen LogP contribution in [0.15, 0.2) is 79.0 Å². The van der Waals surface area contributed by atoms with Crippen LogP contribution < -0.4 is 4.74 Å². The van der Waals surface area contributed by atoms with Gasteiger partial charge in [-0.3, -0.25) is 0 Å². The quantitative estimate of drug-likeness (QED) is 0.636. The van der Waals surface area contributed by atoms with Crippen molar-refractivity contribution in [1.82, 2.24) is 4.98 Å². The van der Waals surface area contributed by atoms with Crippen LogP contribution in [0.2, 0.25) is 0 Å². The van der Waals surface area contributed by atoms with E-state index in [2.05, 4.69) is 4.98 Å². The van der Waals surface area contributed by atoms with Crippen LogP contribution in [0.25, 0.3) is 11.1 Å². The summed E-state index contributed by atoms with van der Waals surface area (Å²) in [6.07, 6.45) is -5.15. The standard InChI is InChI=1S/C19H14F3NO/c20-19(21,22)18(15-9-5-2-6-10-15)24-17-13-16(11-12-23-17)14-7-3-1-4-8-14/h1-13,18H. The van der Waals surface area contributed by atoms with Crippen molar-refractivity contribution in [2.45, 2.75) is 12.3 Å². The molecule has 0 aliphatic heterocycles. The Morgan fingerprint density at radius 1 is 0.792 bits per heavy atom. The molecule has 0 N–H and O–H groups in total. The molecule has 0 amide bonds. The number of halogens is 3. The van der Waals surface area contributed by atoms with E-state index in [0.29, 0.717) is 0 Å². The van der Waals surface area contributed by atoms with E-state index in [1.54, 1.807) is 24.3 Å². The summed E-state index contributed by atoms with van der Waals surface area (Å²) in [4.78, 5) is 3.92. The molecule has 3 rings (SSSR count). The molecule has 0 aliphatic carbocycles. The summed E-state index contributed by atoms with van der Waals surface area (Å²) in [5.74, 6) is -0.0671. The summed E-state index contributed by atoms with van der Waals surface area (Å²) in [6, 6.07) is 20.1. The normalized spacial score (nSPS) is 12.6. The topological polar surface area (TPSA) is 22.1 Å². The monoisotopic (exact) mass is 329 g/mol. The highest BCUT2D eigenvalue weighted by Gasteiger charge is 2.43. The SMILES string of the molecule is FC(F)(F)C(Oc1cc(-c2ccccc2)ccn1)c1ccccc1. The fourth-order valence-electron chi connectivity index (χ4n) is 2.36. The first-order valence-electron chi connectivity index (χ1n) is 7.34. The second kappa shape index (κ2) is 6.74. The van der Waals surface area contributed by atoms with E-state index < -0.39 is 12.3 Å². The number of rotatable bonds is 4. The summed E-state index contributed by atoms with van der Waals surface area (Å²) in [5, 5.41) is 0. The third-order valence-corrected chi connectivity index (χ3v) is 3.48. The maximum absolute atomic E-state index is 13.4. The molecule has 122 valence electrons. The lowest BCUT2D eigenvalue weighted by atomic mass is 10.1. The number of ether oxygens (including phenoxy) is 1. The number of hydrogen-bond acceptors (Lipinski definition) is 2. The number of alkyl halides is 3. The van der Waals surface area contributed by atoms with Crippen molar-refractivity contribution < 1.29 is 17.9 Å². The van der Waals surface area contributed by atoms with Gasteiger partial charge in [0.1, 0.15) is 0 Å². The van der Waals surface area contributed by atoms with Crippen LogP contribution in [-0.4, -0.2) is 11.2 Å². The van der Waals surface area contributed by atoms with Gasteiger partial charge in [0.05, 0.1) is 0 Å². The van der Waals surface area contributed by atoms with Crippen LogP contribution in [0.1, 0.15) is 11.7 Å². The van der Waals surface area contributed by atoms with Crippen molar-refractivity contribution in [2.24, 2.45) is 0 Å². The molecule has 3 aromatic rings. The molecular weight excluding hydrogens is 315 g/mol. The zero-order chi connectivity index (χ0) is 17.0. The fraction of sp³-hybridized carbons (Fsp3) is 0.105. The lowest BCUT2D eigenvalue weighted by molar-refractivity contribution is -0.198. The second-order valence-electron chi connectivity index (χ2n) is 5.20. The molecular formula is C19H14F3NO. The highest BCUT2D eigenvalue weighted by Crippen LogP contribution is 2.36. The Bertz CT molecular complexity index is 788. The van der Waals surface area contributed by atoms with Crippen LogP contribution >= 0.6 is 0 Å². The van der Waals surface area contributed by atoms with Crippen molar-refractivity contribution in [1.29, 1.82) is 0 Å². The molecule has 0 bridgehead atoms. The molecule has 5 heteroatoms. The van der Waals surface area contributed by atoms with E-state index in [9.17, 15) is 13.2 Å². The molecule has 0 aliphatic rings. The van der Waals surface area contributed by atoms with Gasteiger partial charge >= 0.3 is 6.18 Å². The van der Waals surface area contributed by atoms with E-state index in [1.807, 2.05) is 30.3 Å². The van der Waals surface area contributed by atoms with Crippen LogP contribution in [0, 0.1) is 0 Å². The Hall–Kier alpha value is -2.82. The lowest BCUT2D eigenvalue weighted by Gasteiger charge is -2.21. The number of benzene rings is 2. The number of nitrogens with zero attached hydrogens (tertiary/aromatic N) is 1. The van der Waals surface area contributed by atoms with Gasteiger partial charge in [-0.25, -0.2) is 4.98 Å². The molecule has 1 aromatic heterocycles.